The highest BCUT2D eigenvalue weighted by molar-refractivity contribution is 5.78. The highest BCUT2D eigenvalue weighted by Crippen LogP contribution is 2.09. The molecule has 0 saturated carbocycles. The fourth-order valence-electron chi connectivity index (χ4n) is 1.76. The van der Waals surface area contributed by atoms with Gasteiger partial charge in [-0.3, -0.25) is 0 Å². The van der Waals surface area contributed by atoms with Crippen molar-refractivity contribution in [1.29, 1.82) is 0 Å². The summed E-state index contributed by atoms with van der Waals surface area (Å²) >= 11 is 0. The van der Waals surface area contributed by atoms with Crippen LogP contribution in [-0.2, 0) is 0 Å². The Hall–Kier alpha value is -0.770. The molecule has 1 rings (SSSR count). The zero-order chi connectivity index (χ0) is 11.5. The van der Waals surface area contributed by atoms with Crippen LogP contribution in [0.2, 0.25) is 0 Å². The number of aliphatic imine (C=N–C) groups is 1. The molecule has 1 aliphatic rings. The average molecular weight is 212 g/mol. The lowest BCUT2D eigenvalue weighted by Crippen LogP contribution is -2.46. The smallest absolute Gasteiger partial charge is 0.192 e. The van der Waals surface area contributed by atoms with Gasteiger partial charge in [0.1, 0.15) is 0 Å². The zero-order valence-corrected chi connectivity index (χ0v) is 10.4. The number of rotatable bonds is 0. The van der Waals surface area contributed by atoms with E-state index in [9.17, 15) is 0 Å². The van der Waals surface area contributed by atoms with Gasteiger partial charge in [-0.15, -0.1) is 0 Å². The van der Waals surface area contributed by atoms with Gasteiger partial charge in [-0.25, -0.2) is 4.99 Å². The Morgan fingerprint density at radius 1 is 1.47 bits per heavy atom. The van der Waals surface area contributed by atoms with Crippen molar-refractivity contribution in [3.8, 4) is 0 Å². The summed E-state index contributed by atoms with van der Waals surface area (Å²) in [6, 6.07) is 0.429. The third-order valence-corrected chi connectivity index (χ3v) is 2.47. The number of hydrogen-bond donors (Lipinski definition) is 2. The summed E-state index contributed by atoms with van der Waals surface area (Å²) in [6.07, 6.45) is 1.13. The predicted octanol–water partition coefficient (Wildman–Crippen LogP) is 0.783. The minimum Gasteiger partial charge on any atom is -0.370 e. The van der Waals surface area contributed by atoms with Crippen molar-refractivity contribution >= 4 is 5.96 Å². The summed E-state index contributed by atoms with van der Waals surface area (Å²) in [7, 11) is 0. The first-order valence-corrected chi connectivity index (χ1v) is 5.73. The van der Waals surface area contributed by atoms with Crippen molar-refractivity contribution in [1.82, 2.24) is 10.2 Å². The Morgan fingerprint density at radius 2 is 2.13 bits per heavy atom. The minimum atomic E-state index is -0.0937. The van der Waals surface area contributed by atoms with E-state index >= 15 is 0 Å². The van der Waals surface area contributed by atoms with Crippen LogP contribution in [0.25, 0.3) is 0 Å². The summed E-state index contributed by atoms with van der Waals surface area (Å²) in [5.74, 6) is 0.679. The molecule has 1 aliphatic heterocycles. The van der Waals surface area contributed by atoms with Gasteiger partial charge in [-0.2, -0.15) is 0 Å². The zero-order valence-electron chi connectivity index (χ0n) is 10.4. The lowest BCUT2D eigenvalue weighted by Gasteiger charge is -2.29. The Bertz CT molecular complexity index is 229. The van der Waals surface area contributed by atoms with E-state index in [4.69, 9.17) is 5.73 Å². The standard InChI is InChI=1S/C11H24N4/c1-9-8-13-6-5-7-15(9)10(12)14-11(2,3)4/h9,13H,5-8H2,1-4H3,(H2,12,14)/t9-/m1/s1. The van der Waals surface area contributed by atoms with Crippen LogP contribution in [0, 0.1) is 0 Å². The van der Waals surface area contributed by atoms with Gasteiger partial charge in [0.25, 0.3) is 0 Å². The Morgan fingerprint density at radius 3 is 2.73 bits per heavy atom. The van der Waals surface area contributed by atoms with Crippen LogP contribution in [-0.4, -0.2) is 42.1 Å². The fraction of sp³-hybridized carbons (Fsp3) is 0.909. The molecule has 3 N–H and O–H groups in total. The average Bonchev–Trinajstić information content (AvgIpc) is 2.26. The number of hydrogen-bond acceptors (Lipinski definition) is 2. The van der Waals surface area contributed by atoms with E-state index in [-0.39, 0.29) is 5.54 Å². The Kier molecular flexibility index (Phi) is 3.97. The third kappa shape index (κ3) is 4.08. The molecule has 1 atom stereocenters. The molecule has 0 spiro atoms. The first kappa shape index (κ1) is 12.3. The molecule has 4 heteroatoms. The molecule has 0 aromatic rings. The number of nitrogens with one attached hydrogen (secondary N) is 1. The second-order valence-corrected chi connectivity index (χ2v) is 5.24. The van der Waals surface area contributed by atoms with Crippen LogP contribution in [0.1, 0.15) is 34.1 Å². The van der Waals surface area contributed by atoms with Crippen molar-refractivity contribution in [2.75, 3.05) is 19.6 Å². The van der Waals surface area contributed by atoms with Crippen molar-refractivity contribution < 1.29 is 0 Å². The highest BCUT2D eigenvalue weighted by Gasteiger charge is 2.20. The summed E-state index contributed by atoms with van der Waals surface area (Å²) < 4.78 is 0. The van der Waals surface area contributed by atoms with Crippen molar-refractivity contribution in [2.24, 2.45) is 10.7 Å². The third-order valence-electron chi connectivity index (χ3n) is 2.47. The maximum atomic E-state index is 6.04. The first-order valence-electron chi connectivity index (χ1n) is 5.73. The second-order valence-electron chi connectivity index (χ2n) is 5.24. The van der Waals surface area contributed by atoms with E-state index in [0.717, 1.165) is 26.1 Å². The van der Waals surface area contributed by atoms with Gasteiger partial charge in [-0.05, 0) is 40.7 Å². The molecular weight excluding hydrogens is 188 g/mol. The largest absolute Gasteiger partial charge is 0.370 e. The first-order chi connectivity index (χ1) is 6.90. The molecule has 88 valence electrons. The molecule has 4 nitrogen and oxygen atoms in total. The molecule has 0 bridgehead atoms. The normalized spacial score (nSPS) is 25.2. The fourth-order valence-corrected chi connectivity index (χ4v) is 1.76. The van der Waals surface area contributed by atoms with Crippen LogP contribution in [0.3, 0.4) is 0 Å². The van der Waals surface area contributed by atoms with Gasteiger partial charge in [0.2, 0.25) is 0 Å². The van der Waals surface area contributed by atoms with Crippen LogP contribution >= 0.6 is 0 Å². The number of guanidine groups is 1. The molecule has 0 amide bonds. The van der Waals surface area contributed by atoms with E-state index in [1.807, 2.05) is 0 Å². The van der Waals surface area contributed by atoms with Crippen molar-refractivity contribution in [3.05, 3.63) is 0 Å². The monoisotopic (exact) mass is 212 g/mol. The molecule has 1 saturated heterocycles. The van der Waals surface area contributed by atoms with E-state index in [0.29, 0.717) is 12.0 Å². The predicted molar refractivity (Wildman–Crippen MR) is 65.0 cm³/mol. The van der Waals surface area contributed by atoms with Crippen LogP contribution in [0.5, 0.6) is 0 Å². The number of nitrogens with zero attached hydrogens (tertiary/aromatic N) is 2. The molecule has 0 aliphatic carbocycles. The van der Waals surface area contributed by atoms with E-state index in [1.165, 1.54) is 0 Å². The summed E-state index contributed by atoms with van der Waals surface area (Å²) in [5.41, 5.74) is 5.95. The minimum absolute atomic E-state index is 0.0937. The van der Waals surface area contributed by atoms with Crippen molar-refractivity contribution in [3.63, 3.8) is 0 Å². The lowest BCUT2D eigenvalue weighted by atomic mass is 10.1. The van der Waals surface area contributed by atoms with Gasteiger partial charge < -0.3 is 16.0 Å². The second kappa shape index (κ2) is 4.84. The van der Waals surface area contributed by atoms with Gasteiger partial charge in [0.15, 0.2) is 5.96 Å². The van der Waals surface area contributed by atoms with Gasteiger partial charge in [-0.1, -0.05) is 0 Å². The summed E-state index contributed by atoms with van der Waals surface area (Å²) in [6.45, 7) is 11.5. The molecule has 1 heterocycles. The maximum absolute atomic E-state index is 6.04. The van der Waals surface area contributed by atoms with Crippen LogP contribution < -0.4 is 11.1 Å². The van der Waals surface area contributed by atoms with Gasteiger partial charge >= 0.3 is 0 Å². The molecule has 0 aromatic heterocycles. The Balaban J connectivity index is 2.71. The maximum Gasteiger partial charge on any atom is 0.192 e. The summed E-state index contributed by atoms with van der Waals surface area (Å²) in [5, 5.41) is 3.39. The lowest BCUT2D eigenvalue weighted by molar-refractivity contribution is 0.340. The molecule has 0 aromatic carbocycles. The molecule has 15 heavy (non-hydrogen) atoms. The SMILES string of the molecule is C[C@@H]1CNCCCN1C(N)=NC(C)(C)C. The Labute approximate surface area is 92.9 Å². The molecule has 1 fully saturated rings. The van der Waals surface area contributed by atoms with Crippen LogP contribution in [0.4, 0.5) is 0 Å². The quantitative estimate of drug-likeness (QED) is 0.461. The topological polar surface area (TPSA) is 53.6 Å². The van der Waals surface area contributed by atoms with Gasteiger partial charge in [0.05, 0.1) is 5.54 Å². The van der Waals surface area contributed by atoms with Gasteiger partial charge in [0, 0.05) is 19.1 Å². The highest BCUT2D eigenvalue weighted by atomic mass is 15.3. The van der Waals surface area contributed by atoms with E-state index in [1.54, 1.807) is 0 Å². The molecule has 0 radical (unpaired) electrons. The van der Waals surface area contributed by atoms with Crippen LogP contribution in [0.15, 0.2) is 4.99 Å². The summed E-state index contributed by atoms with van der Waals surface area (Å²) in [4.78, 5) is 6.72. The van der Waals surface area contributed by atoms with Crippen molar-refractivity contribution in [2.45, 2.75) is 45.7 Å². The molecular formula is C11H24N4. The van der Waals surface area contributed by atoms with E-state index < -0.39 is 0 Å². The van der Waals surface area contributed by atoms with E-state index in [2.05, 4.69) is 42.9 Å². The molecule has 0 unspecified atom stereocenters. The number of nitrogens with two attached hydrogens (primary N) is 1.